The Morgan fingerprint density at radius 3 is 2.50 bits per heavy atom. The van der Waals surface area contributed by atoms with E-state index in [0.717, 1.165) is 6.42 Å². The summed E-state index contributed by atoms with van der Waals surface area (Å²) in [4.78, 5) is 0. The summed E-state index contributed by atoms with van der Waals surface area (Å²) in [6.45, 7) is 6.63. The fraction of sp³-hybridized carbons (Fsp3) is 0.600. The van der Waals surface area contributed by atoms with E-state index < -0.39 is 17.2 Å². The van der Waals surface area contributed by atoms with Gasteiger partial charge in [-0.3, -0.25) is 0 Å². The number of hydrogen-bond donors (Lipinski definition) is 1. The van der Waals surface area contributed by atoms with Crippen molar-refractivity contribution in [2.45, 2.75) is 45.3 Å². The van der Waals surface area contributed by atoms with Crippen molar-refractivity contribution in [3.63, 3.8) is 0 Å². The van der Waals surface area contributed by atoms with Crippen molar-refractivity contribution in [3.05, 3.63) is 33.8 Å². The second-order valence-electron chi connectivity index (χ2n) is 5.01. The second kappa shape index (κ2) is 7.48. The maximum Gasteiger partial charge on any atom is 0.143 e. The van der Waals surface area contributed by atoms with E-state index in [9.17, 15) is 8.78 Å². The summed E-state index contributed by atoms with van der Waals surface area (Å²) in [5, 5.41) is 3.27. The van der Waals surface area contributed by atoms with E-state index in [1.54, 1.807) is 7.11 Å². The van der Waals surface area contributed by atoms with Gasteiger partial charge in [0, 0.05) is 18.7 Å². The highest BCUT2D eigenvalue weighted by Gasteiger charge is 2.33. The average Bonchev–Trinajstić information content (AvgIpc) is 2.45. The molecule has 1 N–H and O–H groups in total. The van der Waals surface area contributed by atoms with Gasteiger partial charge in [-0.2, -0.15) is 0 Å². The lowest BCUT2D eigenvalue weighted by Gasteiger charge is -2.36. The summed E-state index contributed by atoms with van der Waals surface area (Å²) in [6, 6.07) is 2.49. The van der Waals surface area contributed by atoms with Gasteiger partial charge in [-0.15, -0.1) is 0 Å². The second-order valence-corrected chi connectivity index (χ2v) is 5.86. The van der Waals surface area contributed by atoms with Gasteiger partial charge in [0.15, 0.2) is 0 Å². The van der Waals surface area contributed by atoms with Crippen molar-refractivity contribution in [1.82, 2.24) is 5.32 Å². The zero-order chi connectivity index (χ0) is 15.3. The molecule has 0 aliphatic carbocycles. The van der Waals surface area contributed by atoms with Crippen LogP contribution in [0.3, 0.4) is 0 Å². The highest BCUT2D eigenvalue weighted by atomic mass is 79.9. The molecule has 0 spiro atoms. The number of ether oxygens (including phenoxy) is 1. The summed E-state index contributed by atoms with van der Waals surface area (Å²) < 4.78 is 33.8. The molecule has 1 rings (SSSR count). The minimum absolute atomic E-state index is 0.0852. The predicted molar refractivity (Wildman–Crippen MR) is 80.9 cm³/mol. The lowest BCUT2D eigenvalue weighted by Crippen LogP contribution is -2.51. The number of benzene rings is 1. The van der Waals surface area contributed by atoms with Crippen LogP contribution in [0.15, 0.2) is 16.6 Å². The molecule has 0 aliphatic rings. The average molecular weight is 350 g/mol. The van der Waals surface area contributed by atoms with E-state index in [4.69, 9.17) is 4.74 Å². The molecule has 114 valence electrons. The van der Waals surface area contributed by atoms with Crippen molar-refractivity contribution in [3.8, 4) is 0 Å². The van der Waals surface area contributed by atoms with Gasteiger partial charge in [-0.1, -0.05) is 13.8 Å². The molecule has 0 radical (unpaired) electrons. The van der Waals surface area contributed by atoms with Crippen molar-refractivity contribution in [1.29, 1.82) is 0 Å². The topological polar surface area (TPSA) is 21.3 Å². The molecule has 0 aliphatic heterocycles. The first kappa shape index (κ1) is 17.5. The molecule has 0 heterocycles. The monoisotopic (exact) mass is 349 g/mol. The van der Waals surface area contributed by atoms with Crippen LogP contribution in [0.1, 0.15) is 32.8 Å². The van der Waals surface area contributed by atoms with Crippen molar-refractivity contribution >= 4 is 15.9 Å². The largest absolute Gasteiger partial charge is 0.377 e. The van der Waals surface area contributed by atoms with E-state index in [0.29, 0.717) is 6.54 Å². The van der Waals surface area contributed by atoms with Gasteiger partial charge in [-0.05, 0) is 54.4 Å². The summed E-state index contributed by atoms with van der Waals surface area (Å²) >= 11 is 3.10. The van der Waals surface area contributed by atoms with Gasteiger partial charge in [0.05, 0.1) is 10.1 Å². The quantitative estimate of drug-likeness (QED) is 0.749. The Morgan fingerprint density at radius 1 is 1.35 bits per heavy atom. The third-order valence-corrected chi connectivity index (χ3v) is 4.52. The Bertz CT molecular complexity index is 450. The van der Waals surface area contributed by atoms with Gasteiger partial charge in [0.25, 0.3) is 0 Å². The third kappa shape index (κ3) is 3.77. The Hall–Kier alpha value is -0.520. The summed E-state index contributed by atoms with van der Waals surface area (Å²) in [7, 11) is 1.63. The molecule has 20 heavy (non-hydrogen) atoms. The molecule has 1 aromatic rings. The summed E-state index contributed by atoms with van der Waals surface area (Å²) in [5.74, 6) is -1.06. The normalized spacial score (nSPS) is 15.9. The lowest BCUT2D eigenvalue weighted by atomic mass is 9.88. The number of methoxy groups -OCH3 is 1. The molecule has 0 saturated heterocycles. The molecule has 1 aromatic carbocycles. The van der Waals surface area contributed by atoms with Crippen LogP contribution in [0, 0.1) is 11.6 Å². The van der Waals surface area contributed by atoms with Crippen LogP contribution < -0.4 is 5.32 Å². The van der Waals surface area contributed by atoms with Gasteiger partial charge in [0.1, 0.15) is 11.6 Å². The van der Waals surface area contributed by atoms with Crippen LogP contribution in [0.2, 0.25) is 0 Å². The SMILES string of the molecule is CCNC(Cc1c(F)ccc(Br)c1F)C(C)(CC)OC. The molecule has 2 unspecified atom stereocenters. The van der Waals surface area contributed by atoms with Crippen LogP contribution >= 0.6 is 15.9 Å². The molecular weight excluding hydrogens is 328 g/mol. The fourth-order valence-corrected chi connectivity index (χ4v) is 2.62. The van der Waals surface area contributed by atoms with E-state index in [-0.39, 0.29) is 22.5 Å². The van der Waals surface area contributed by atoms with Gasteiger partial charge >= 0.3 is 0 Å². The molecule has 0 saturated carbocycles. The van der Waals surface area contributed by atoms with E-state index >= 15 is 0 Å². The van der Waals surface area contributed by atoms with E-state index in [1.165, 1.54) is 12.1 Å². The zero-order valence-corrected chi connectivity index (χ0v) is 14.0. The number of rotatable bonds is 7. The highest BCUT2D eigenvalue weighted by Crippen LogP contribution is 2.27. The predicted octanol–water partition coefficient (Wildman–Crippen LogP) is 4.06. The van der Waals surface area contributed by atoms with Gasteiger partial charge in [-0.25, -0.2) is 8.78 Å². The molecular formula is C15H22BrF2NO. The van der Waals surface area contributed by atoms with Crippen LogP contribution in [0.5, 0.6) is 0 Å². The number of halogens is 3. The Morgan fingerprint density at radius 2 is 2.00 bits per heavy atom. The first-order chi connectivity index (χ1) is 9.39. The first-order valence-corrected chi connectivity index (χ1v) is 7.59. The fourth-order valence-electron chi connectivity index (χ4n) is 2.24. The Labute approximate surface area is 128 Å². The van der Waals surface area contributed by atoms with Crippen molar-refractivity contribution in [2.75, 3.05) is 13.7 Å². The molecule has 5 heteroatoms. The smallest absolute Gasteiger partial charge is 0.143 e. The molecule has 2 atom stereocenters. The van der Waals surface area contributed by atoms with Crippen LogP contribution in [0.4, 0.5) is 8.78 Å². The number of hydrogen-bond acceptors (Lipinski definition) is 2. The van der Waals surface area contributed by atoms with Crippen LogP contribution in [0.25, 0.3) is 0 Å². The Kier molecular flexibility index (Phi) is 6.55. The molecule has 0 bridgehead atoms. The van der Waals surface area contributed by atoms with Crippen LogP contribution in [-0.4, -0.2) is 25.3 Å². The standard InChI is InChI=1S/C15H22BrF2NO/c1-5-15(3,20-4)13(19-6-2)9-10-12(17)8-7-11(16)14(10)18/h7-8,13,19H,5-6,9H2,1-4H3. The zero-order valence-electron chi connectivity index (χ0n) is 12.4. The highest BCUT2D eigenvalue weighted by molar-refractivity contribution is 9.10. The van der Waals surface area contributed by atoms with Crippen molar-refractivity contribution in [2.24, 2.45) is 0 Å². The minimum Gasteiger partial charge on any atom is -0.377 e. The molecule has 0 aromatic heterocycles. The van der Waals surface area contributed by atoms with Gasteiger partial charge < -0.3 is 10.1 Å². The van der Waals surface area contributed by atoms with Crippen LogP contribution in [-0.2, 0) is 11.2 Å². The lowest BCUT2D eigenvalue weighted by molar-refractivity contribution is -0.0287. The van der Waals surface area contributed by atoms with Gasteiger partial charge in [0.2, 0.25) is 0 Å². The van der Waals surface area contributed by atoms with E-state index in [2.05, 4.69) is 21.2 Å². The minimum atomic E-state index is -0.539. The summed E-state index contributed by atoms with van der Waals surface area (Å²) in [5.41, 5.74) is -0.390. The van der Waals surface area contributed by atoms with E-state index in [1.807, 2.05) is 20.8 Å². The number of nitrogens with one attached hydrogen (secondary N) is 1. The molecule has 2 nitrogen and oxygen atoms in total. The first-order valence-electron chi connectivity index (χ1n) is 6.80. The molecule has 0 amide bonds. The van der Waals surface area contributed by atoms with Crippen molar-refractivity contribution < 1.29 is 13.5 Å². The Balaban J connectivity index is 3.11. The number of likely N-dealkylation sites (N-methyl/N-ethyl adjacent to an activating group) is 1. The third-order valence-electron chi connectivity index (χ3n) is 3.90. The maximum absolute atomic E-state index is 14.1. The summed E-state index contributed by atoms with van der Waals surface area (Å²) in [6.07, 6.45) is 0.988. The molecule has 0 fully saturated rings. The maximum atomic E-state index is 14.1.